The molecule has 1 aromatic heterocycles. The van der Waals surface area contributed by atoms with Crippen molar-refractivity contribution < 1.29 is 9.59 Å². The summed E-state index contributed by atoms with van der Waals surface area (Å²) in [4.78, 5) is 29.8. The van der Waals surface area contributed by atoms with Crippen LogP contribution in [0, 0.1) is 20.8 Å². The van der Waals surface area contributed by atoms with Gasteiger partial charge >= 0.3 is 6.03 Å². The molecule has 3 aromatic rings. The number of aromatic nitrogens is 1. The molecule has 1 heterocycles. The molecule has 0 atom stereocenters. The lowest BCUT2D eigenvalue weighted by Crippen LogP contribution is -2.37. The highest BCUT2D eigenvalue weighted by molar-refractivity contribution is 7.22. The highest BCUT2D eigenvalue weighted by Gasteiger charge is 2.15. The van der Waals surface area contributed by atoms with Gasteiger partial charge in [0.25, 0.3) is 5.91 Å². The molecule has 0 spiro atoms. The number of anilines is 2. The quantitative estimate of drug-likeness (QED) is 0.362. The smallest absolute Gasteiger partial charge is 0.321 e. The Labute approximate surface area is 193 Å². The van der Waals surface area contributed by atoms with Gasteiger partial charge in [0.2, 0.25) is 0 Å². The minimum absolute atomic E-state index is 0.162. The molecule has 0 fully saturated rings. The second-order valence-corrected chi connectivity index (χ2v) is 9.33. The van der Waals surface area contributed by atoms with Crippen LogP contribution in [0.15, 0.2) is 30.3 Å². The number of thiazole rings is 1. The maximum absolute atomic E-state index is 12.9. The van der Waals surface area contributed by atoms with Crippen LogP contribution in [0.1, 0.15) is 66.6 Å². The molecule has 170 valence electrons. The summed E-state index contributed by atoms with van der Waals surface area (Å²) in [5.41, 5.74) is 5.40. The molecule has 2 aromatic carbocycles. The second-order valence-electron chi connectivity index (χ2n) is 8.30. The van der Waals surface area contributed by atoms with E-state index in [9.17, 15) is 9.59 Å². The SMILES string of the molecule is CCCC(CCC)NC(=O)Nc1nc2ccc(C(=O)Nc3c(C)cc(C)cc3C)cc2s1. The predicted molar refractivity (Wildman–Crippen MR) is 134 cm³/mol. The number of hydrogen-bond acceptors (Lipinski definition) is 4. The molecule has 0 unspecified atom stereocenters. The van der Waals surface area contributed by atoms with E-state index in [0.29, 0.717) is 10.7 Å². The van der Waals surface area contributed by atoms with Gasteiger partial charge in [0, 0.05) is 17.3 Å². The number of carbonyl (C=O) groups is 2. The molecule has 0 bridgehead atoms. The minimum Gasteiger partial charge on any atom is -0.335 e. The van der Waals surface area contributed by atoms with Gasteiger partial charge in [-0.2, -0.15) is 0 Å². The van der Waals surface area contributed by atoms with Crippen molar-refractivity contribution in [1.29, 1.82) is 0 Å². The minimum atomic E-state index is -0.237. The Bertz CT molecular complexity index is 1090. The zero-order valence-electron chi connectivity index (χ0n) is 19.5. The number of amides is 3. The van der Waals surface area contributed by atoms with Crippen molar-refractivity contribution in [2.45, 2.75) is 66.3 Å². The molecule has 3 rings (SSSR count). The van der Waals surface area contributed by atoms with E-state index >= 15 is 0 Å². The van der Waals surface area contributed by atoms with Crippen LogP contribution in [0.3, 0.4) is 0 Å². The molecule has 7 heteroatoms. The Balaban J connectivity index is 1.72. The number of benzene rings is 2. The Morgan fingerprint density at radius 1 is 0.969 bits per heavy atom. The average Bonchev–Trinajstić information content (AvgIpc) is 3.12. The highest BCUT2D eigenvalue weighted by atomic mass is 32.1. The Kier molecular flexibility index (Phi) is 7.85. The van der Waals surface area contributed by atoms with Crippen molar-refractivity contribution in [1.82, 2.24) is 10.3 Å². The van der Waals surface area contributed by atoms with Crippen LogP contribution in [0.4, 0.5) is 15.6 Å². The number of carbonyl (C=O) groups excluding carboxylic acids is 2. The lowest BCUT2D eigenvalue weighted by molar-refractivity contribution is 0.102. The standard InChI is InChI=1S/C25H32N4O2S/c1-6-8-19(9-7-2)26-24(31)29-25-27-20-11-10-18(14-21(20)32-25)23(30)28-22-16(4)12-15(3)13-17(22)5/h10-14,19H,6-9H2,1-5H3,(H,28,30)(H2,26,27,29,31). The highest BCUT2D eigenvalue weighted by Crippen LogP contribution is 2.28. The molecular formula is C25H32N4O2S. The summed E-state index contributed by atoms with van der Waals surface area (Å²) in [5, 5.41) is 9.44. The summed E-state index contributed by atoms with van der Waals surface area (Å²) in [6.45, 7) is 10.3. The normalized spacial score (nSPS) is 11.1. The van der Waals surface area contributed by atoms with Gasteiger partial charge in [-0.05, 0) is 62.9 Å². The summed E-state index contributed by atoms with van der Waals surface area (Å²) < 4.78 is 0.851. The van der Waals surface area contributed by atoms with Gasteiger partial charge in [0.1, 0.15) is 0 Å². The molecule has 0 aliphatic carbocycles. The molecular weight excluding hydrogens is 420 g/mol. The van der Waals surface area contributed by atoms with Crippen LogP contribution in [0.5, 0.6) is 0 Å². The molecule has 0 radical (unpaired) electrons. The summed E-state index contributed by atoms with van der Waals surface area (Å²) in [6.07, 6.45) is 3.97. The van der Waals surface area contributed by atoms with E-state index in [1.807, 2.05) is 32.9 Å². The number of hydrogen-bond donors (Lipinski definition) is 3. The number of urea groups is 1. The van der Waals surface area contributed by atoms with Gasteiger partial charge in [-0.1, -0.05) is 55.7 Å². The molecule has 0 aliphatic rings. The first-order chi connectivity index (χ1) is 15.3. The predicted octanol–water partition coefficient (Wildman–Crippen LogP) is 6.56. The van der Waals surface area contributed by atoms with Crippen LogP contribution in [-0.2, 0) is 0 Å². The first-order valence-electron chi connectivity index (χ1n) is 11.2. The van der Waals surface area contributed by atoms with Crippen molar-refractivity contribution in [2.75, 3.05) is 10.6 Å². The first-order valence-corrected chi connectivity index (χ1v) is 12.0. The fourth-order valence-corrected chi connectivity index (χ4v) is 4.89. The van der Waals surface area contributed by atoms with E-state index in [-0.39, 0.29) is 18.0 Å². The number of nitrogens with one attached hydrogen (secondary N) is 3. The number of aryl methyl sites for hydroxylation is 3. The number of rotatable bonds is 8. The van der Waals surface area contributed by atoms with E-state index in [1.54, 1.807) is 6.07 Å². The van der Waals surface area contributed by atoms with Crippen molar-refractivity contribution in [3.63, 3.8) is 0 Å². The lowest BCUT2D eigenvalue weighted by atomic mass is 10.0. The zero-order chi connectivity index (χ0) is 23.3. The zero-order valence-corrected chi connectivity index (χ0v) is 20.3. The first kappa shape index (κ1) is 23.7. The van der Waals surface area contributed by atoms with E-state index < -0.39 is 0 Å². The van der Waals surface area contributed by atoms with Crippen LogP contribution in [0.25, 0.3) is 10.2 Å². The summed E-state index contributed by atoms with van der Waals surface area (Å²) in [7, 11) is 0. The van der Waals surface area contributed by atoms with Gasteiger partial charge in [-0.3, -0.25) is 10.1 Å². The van der Waals surface area contributed by atoms with E-state index in [0.717, 1.165) is 52.7 Å². The largest absolute Gasteiger partial charge is 0.335 e. The van der Waals surface area contributed by atoms with Crippen LogP contribution in [-0.4, -0.2) is 23.0 Å². The summed E-state index contributed by atoms with van der Waals surface area (Å²) in [5.74, 6) is -0.162. The molecule has 0 aliphatic heterocycles. The average molecular weight is 453 g/mol. The molecule has 32 heavy (non-hydrogen) atoms. The Hall–Kier alpha value is -2.93. The van der Waals surface area contributed by atoms with Crippen LogP contribution in [0.2, 0.25) is 0 Å². The monoisotopic (exact) mass is 452 g/mol. The maximum Gasteiger partial charge on any atom is 0.321 e. The lowest BCUT2D eigenvalue weighted by Gasteiger charge is -2.17. The third-order valence-corrected chi connectivity index (χ3v) is 6.33. The Morgan fingerprint density at radius 3 is 2.25 bits per heavy atom. The number of fused-ring (bicyclic) bond motifs is 1. The van der Waals surface area contributed by atoms with Crippen molar-refractivity contribution in [2.24, 2.45) is 0 Å². The molecule has 3 N–H and O–H groups in total. The summed E-state index contributed by atoms with van der Waals surface area (Å²) in [6, 6.07) is 9.45. The van der Waals surface area contributed by atoms with E-state index in [1.165, 1.54) is 16.9 Å². The van der Waals surface area contributed by atoms with Gasteiger partial charge in [0.05, 0.1) is 10.2 Å². The van der Waals surface area contributed by atoms with Gasteiger partial charge in [0.15, 0.2) is 5.13 Å². The van der Waals surface area contributed by atoms with Crippen molar-refractivity contribution in [3.8, 4) is 0 Å². The topological polar surface area (TPSA) is 83.1 Å². The third kappa shape index (κ3) is 5.85. The fourth-order valence-electron chi connectivity index (χ4n) is 3.99. The van der Waals surface area contributed by atoms with E-state index in [4.69, 9.17) is 0 Å². The second kappa shape index (κ2) is 10.6. The molecule has 0 saturated heterocycles. The third-order valence-electron chi connectivity index (χ3n) is 5.40. The van der Waals surface area contributed by atoms with Gasteiger partial charge in [-0.15, -0.1) is 0 Å². The fraction of sp³-hybridized carbons (Fsp3) is 0.400. The molecule has 0 saturated carbocycles. The van der Waals surface area contributed by atoms with Crippen LogP contribution < -0.4 is 16.0 Å². The maximum atomic E-state index is 12.9. The molecule has 3 amide bonds. The number of nitrogens with zero attached hydrogens (tertiary/aromatic N) is 1. The van der Waals surface area contributed by atoms with E-state index in [2.05, 4.69) is 46.9 Å². The Morgan fingerprint density at radius 2 is 1.62 bits per heavy atom. The van der Waals surface area contributed by atoms with Crippen molar-refractivity contribution in [3.05, 3.63) is 52.6 Å². The van der Waals surface area contributed by atoms with Crippen molar-refractivity contribution >= 4 is 44.3 Å². The molecule has 6 nitrogen and oxygen atoms in total. The van der Waals surface area contributed by atoms with Gasteiger partial charge < -0.3 is 10.6 Å². The van der Waals surface area contributed by atoms with Crippen LogP contribution >= 0.6 is 11.3 Å². The van der Waals surface area contributed by atoms with Gasteiger partial charge in [-0.25, -0.2) is 9.78 Å². The summed E-state index contributed by atoms with van der Waals surface area (Å²) >= 11 is 1.36.